The summed E-state index contributed by atoms with van der Waals surface area (Å²) in [4.78, 5) is 4.25. The predicted molar refractivity (Wildman–Crippen MR) is 85.7 cm³/mol. The first-order chi connectivity index (χ1) is 10.3. The summed E-state index contributed by atoms with van der Waals surface area (Å²) in [5.41, 5.74) is 2.28. The molecule has 0 aliphatic heterocycles. The maximum atomic E-state index is 12.5. The minimum absolute atomic E-state index is 0.107. The van der Waals surface area contributed by atoms with E-state index < -0.39 is 10.0 Å². The summed E-state index contributed by atoms with van der Waals surface area (Å²) in [5.74, 6) is 0.489. The maximum Gasteiger partial charge on any atom is 0.262 e. The van der Waals surface area contributed by atoms with Gasteiger partial charge in [0.05, 0.1) is 10.6 Å². The van der Waals surface area contributed by atoms with Crippen LogP contribution in [0.4, 0.5) is 5.69 Å². The molecule has 2 aromatic carbocycles. The molecule has 1 aromatic heterocycles. The van der Waals surface area contributed by atoms with Gasteiger partial charge in [-0.05, 0) is 36.8 Å². The van der Waals surface area contributed by atoms with Crippen molar-refractivity contribution in [2.75, 3.05) is 4.72 Å². The number of anilines is 1. The lowest BCUT2D eigenvalue weighted by Gasteiger charge is -2.10. The van der Waals surface area contributed by atoms with Crippen LogP contribution in [0.2, 0.25) is 5.02 Å². The third-order valence-electron chi connectivity index (χ3n) is 3.22. The van der Waals surface area contributed by atoms with Crippen LogP contribution in [0, 0.1) is 13.8 Å². The van der Waals surface area contributed by atoms with Crippen molar-refractivity contribution in [1.29, 1.82) is 0 Å². The van der Waals surface area contributed by atoms with E-state index in [0.717, 1.165) is 5.56 Å². The second-order valence-corrected chi connectivity index (χ2v) is 7.05. The van der Waals surface area contributed by atoms with Crippen LogP contribution in [0.5, 0.6) is 0 Å². The molecule has 0 unspecified atom stereocenters. The highest BCUT2D eigenvalue weighted by molar-refractivity contribution is 7.92. The van der Waals surface area contributed by atoms with E-state index in [0.29, 0.717) is 27.7 Å². The van der Waals surface area contributed by atoms with Gasteiger partial charge in [-0.2, -0.15) is 0 Å². The van der Waals surface area contributed by atoms with Gasteiger partial charge in [-0.1, -0.05) is 17.7 Å². The molecule has 22 heavy (non-hydrogen) atoms. The fraction of sp³-hybridized carbons (Fsp3) is 0.133. The molecule has 0 spiro atoms. The quantitative estimate of drug-likeness (QED) is 0.787. The van der Waals surface area contributed by atoms with Crippen molar-refractivity contribution in [2.24, 2.45) is 0 Å². The molecular weight excluding hydrogens is 324 g/mol. The van der Waals surface area contributed by atoms with Crippen LogP contribution >= 0.6 is 11.6 Å². The number of nitrogens with one attached hydrogen (secondary N) is 1. The third kappa shape index (κ3) is 2.80. The van der Waals surface area contributed by atoms with E-state index in [1.165, 1.54) is 12.1 Å². The second-order valence-electron chi connectivity index (χ2n) is 4.93. The maximum absolute atomic E-state index is 12.5. The van der Waals surface area contributed by atoms with Crippen LogP contribution in [0.25, 0.3) is 11.1 Å². The second kappa shape index (κ2) is 5.30. The SMILES string of the molecule is Cc1nc2ccc(S(=O)(=O)Nc3cc(Cl)ccc3C)cc2o1. The Bertz CT molecular complexity index is 964. The van der Waals surface area contributed by atoms with E-state index in [2.05, 4.69) is 9.71 Å². The number of rotatable bonds is 3. The molecular formula is C15H13ClN2O3S. The average Bonchev–Trinajstić information content (AvgIpc) is 2.81. The molecule has 3 aromatic rings. The highest BCUT2D eigenvalue weighted by atomic mass is 35.5. The monoisotopic (exact) mass is 336 g/mol. The Labute approximate surface area is 133 Å². The fourth-order valence-electron chi connectivity index (χ4n) is 2.10. The number of fused-ring (bicyclic) bond motifs is 1. The average molecular weight is 337 g/mol. The number of sulfonamides is 1. The summed E-state index contributed by atoms with van der Waals surface area (Å²) in [6.45, 7) is 3.51. The van der Waals surface area contributed by atoms with Gasteiger partial charge in [-0.3, -0.25) is 4.72 Å². The number of nitrogens with zero attached hydrogens (tertiary/aromatic N) is 1. The van der Waals surface area contributed by atoms with Crippen molar-refractivity contribution < 1.29 is 12.8 Å². The van der Waals surface area contributed by atoms with E-state index in [4.69, 9.17) is 16.0 Å². The lowest BCUT2D eigenvalue weighted by Crippen LogP contribution is -2.13. The van der Waals surface area contributed by atoms with Crippen molar-refractivity contribution >= 4 is 38.4 Å². The fourth-order valence-corrected chi connectivity index (χ4v) is 3.40. The Hall–Kier alpha value is -2.05. The number of aromatic nitrogens is 1. The Morgan fingerprint density at radius 2 is 1.91 bits per heavy atom. The van der Waals surface area contributed by atoms with Crippen LogP contribution in [0.15, 0.2) is 45.7 Å². The van der Waals surface area contributed by atoms with Crippen molar-refractivity contribution in [2.45, 2.75) is 18.7 Å². The zero-order chi connectivity index (χ0) is 15.9. The van der Waals surface area contributed by atoms with Gasteiger partial charge in [-0.25, -0.2) is 13.4 Å². The van der Waals surface area contributed by atoms with Gasteiger partial charge in [0.2, 0.25) is 0 Å². The highest BCUT2D eigenvalue weighted by Gasteiger charge is 2.17. The minimum atomic E-state index is -3.73. The smallest absolute Gasteiger partial charge is 0.262 e. The molecule has 0 amide bonds. The largest absolute Gasteiger partial charge is 0.441 e. The van der Waals surface area contributed by atoms with Gasteiger partial charge >= 0.3 is 0 Å². The predicted octanol–water partition coefficient (Wildman–Crippen LogP) is 3.90. The molecule has 0 saturated carbocycles. The molecule has 0 atom stereocenters. The van der Waals surface area contributed by atoms with Crippen LogP contribution < -0.4 is 4.72 Å². The van der Waals surface area contributed by atoms with E-state index in [1.54, 1.807) is 38.1 Å². The molecule has 7 heteroatoms. The Balaban J connectivity index is 2.02. The summed E-state index contributed by atoms with van der Waals surface area (Å²) in [5, 5.41) is 0.463. The Morgan fingerprint density at radius 1 is 1.14 bits per heavy atom. The summed E-state index contributed by atoms with van der Waals surface area (Å²) in [7, 11) is -3.73. The Morgan fingerprint density at radius 3 is 2.68 bits per heavy atom. The highest BCUT2D eigenvalue weighted by Crippen LogP contribution is 2.25. The summed E-state index contributed by atoms with van der Waals surface area (Å²) >= 11 is 5.91. The first-order valence-corrected chi connectivity index (χ1v) is 8.37. The third-order valence-corrected chi connectivity index (χ3v) is 4.82. The number of aryl methyl sites for hydroxylation is 2. The van der Waals surface area contributed by atoms with Crippen LogP contribution in [0.3, 0.4) is 0 Å². The van der Waals surface area contributed by atoms with Crippen molar-refractivity contribution in [1.82, 2.24) is 4.98 Å². The zero-order valence-corrected chi connectivity index (χ0v) is 13.5. The van der Waals surface area contributed by atoms with Crippen LogP contribution in [-0.2, 0) is 10.0 Å². The molecule has 1 N–H and O–H groups in total. The normalized spacial score (nSPS) is 11.8. The summed E-state index contributed by atoms with van der Waals surface area (Å²) in [6, 6.07) is 9.60. The molecule has 5 nitrogen and oxygen atoms in total. The molecule has 0 aliphatic carbocycles. The standard InChI is InChI=1S/C15H13ClN2O3S/c1-9-3-4-11(16)7-14(9)18-22(19,20)12-5-6-13-15(8-12)21-10(2)17-13/h3-8,18H,1-2H3. The molecule has 0 fully saturated rings. The Kier molecular flexibility index (Phi) is 3.58. The lowest BCUT2D eigenvalue weighted by molar-refractivity contribution is 0.559. The number of oxazole rings is 1. The van der Waals surface area contributed by atoms with Crippen molar-refractivity contribution in [3.05, 3.63) is 52.9 Å². The lowest BCUT2D eigenvalue weighted by atomic mass is 10.2. The van der Waals surface area contributed by atoms with E-state index in [9.17, 15) is 8.42 Å². The topological polar surface area (TPSA) is 72.2 Å². The summed E-state index contributed by atoms with van der Waals surface area (Å²) < 4.78 is 32.9. The number of hydrogen-bond donors (Lipinski definition) is 1. The number of halogens is 1. The van der Waals surface area contributed by atoms with Crippen molar-refractivity contribution in [3.8, 4) is 0 Å². The first-order valence-electron chi connectivity index (χ1n) is 6.51. The van der Waals surface area contributed by atoms with Crippen LogP contribution in [-0.4, -0.2) is 13.4 Å². The first kappa shape index (κ1) is 14.9. The molecule has 0 bridgehead atoms. The number of benzene rings is 2. The van der Waals surface area contributed by atoms with Gasteiger partial charge in [-0.15, -0.1) is 0 Å². The van der Waals surface area contributed by atoms with Crippen molar-refractivity contribution in [3.63, 3.8) is 0 Å². The molecule has 114 valence electrons. The molecule has 0 aliphatic rings. The number of hydrogen-bond acceptors (Lipinski definition) is 4. The minimum Gasteiger partial charge on any atom is -0.441 e. The van der Waals surface area contributed by atoms with Gasteiger partial charge in [0, 0.05) is 18.0 Å². The van der Waals surface area contributed by atoms with E-state index in [1.807, 2.05) is 0 Å². The molecule has 1 heterocycles. The molecule has 0 radical (unpaired) electrons. The molecule has 3 rings (SSSR count). The van der Waals surface area contributed by atoms with Crippen LogP contribution in [0.1, 0.15) is 11.5 Å². The summed E-state index contributed by atoms with van der Waals surface area (Å²) in [6.07, 6.45) is 0. The van der Waals surface area contributed by atoms with E-state index in [-0.39, 0.29) is 4.90 Å². The van der Waals surface area contributed by atoms with E-state index >= 15 is 0 Å². The van der Waals surface area contributed by atoms with Gasteiger partial charge in [0.15, 0.2) is 11.5 Å². The van der Waals surface area contributed by atoms with Gasteiger partial charge < -0.3 is 4.42 Å². The van der Waals surface area contributed by atoms with Gasteiger partial charge in [0.1, 0.15) is 5.52 Å². The molecule has 0 saturated heterocycles. The van der Waals surface area contributed by atoms with Gasteiger partial charge in [0.25, 0.3) is 10.0 Å². The zero-order valence-electron chi connectivity index (χ0n) is 11.9.